The molecule has 0 saturated carbocycles. The van der Waals surface area contributed by atoms with Gasteiger partial charge in [-0.15, -0.1) is 0 Å². The molecule has 0 radical (unpaired) electrons. The van der Waals surface area contributed by atoms with Crippen LogP contribution in [0.3, 0.4) is 0 Å². The molecule has 124 valence electrons. The number of fused-ring (bicyclic) bond motifs is 1. The molecule has 1 heterocycles. The number of carboxylic acid groups (broad SMARTS) is 1. The number of aryl methyl sites for hydroxylation is 1. The number of carboxylic acids is 1. The molecule has 0 saturated heterocycles. The third-order valence-corrected chi connectivity index (χ3v) is 4.04. The highest BCUT2D eigenvalue weighted by Crippen LogP contribution is 2.17. The molecule has 23 heavy (non-hydrogen) atoms. The summed E-state index contributed by atoms with van der Waals surface area (Å²) in [5.41, 5.74) is 1.93. The predicted molar refractivity (Wildman–Crippen MR) is 92.1 cm³/mol. The molecule has 0 aliphatic carbocycles. The van der Waals surface area contributed by atoms with Crippen LogP contribution in [0.5, 0.6) is 0 Å². The maximum Gasteiger partial charge on any atom is 0.337 e. The van der Waals surface area contributed by atoms with E-state index in [-0.39, 0.29) is 11.0 Å². The fourth-order valence-electron chi connectivity index (χ4n) is 2.97. The van der Waals surface area contributed by atoms with Crippen molar-refractivity contribution in [1.82, 2.24) is 9.88 Å². The van der Waals surface area contributed by atoms with E-state index in [0.29, 0.717) is 17.4 Å². The standard InChI is InChI=1S/C18H24N2O3/c1-4-9-20(10-5-2)11-15-12(3)19-16-13(17(15)21)7-6-8-14(16)18(22)23/h6-8H,4-5,9-11H2,1-3H3,(H,19,21)(H,22,23). The highest BCUT2D eigenvalue weighted by atomic mass is 16.4. The smallest absolute Gasteiger partial charge is 0.337 e. The summed E-state index contributed by atoms with van der Waals surface area (Å²) >= 11 is 0. The summed E-state index contributed by atoms with van der Waals surface area (Å²) in [5.74, 6) is -1.03. The van der Waals surface area contributed by atoms with Crippen LogP contribution in [0.1, 0.15) is 48.3 Å². The molecule has 0 spiro atoms. The van der Waals surface area contributed by atoms with Crippen molar-refractivity contribution in [3.63, 3.8) is 0 Å². The first-order valence-corrected chi connectivity index (χ1v) is 8.09. The number of carbonyl (C=O) groups is 1. The molecule has 1 aromatic heterocycles. The van der Waals surface area contributed by atoms with Gasteiger partial charge >= 0.3 is 5.97 Å². The van der Waals surface area contributed by atoms with Crippen molar-refractivity contribution in [2.75, 3.05) is 13.1 Å². The van der Waals surface area contributed by atoms with E-state index in [2.05, 4.69) is 23.7 Å². The number of aromatic amines is 1. The fraction of sp³-hybridized carbons (Fsp3) is 0.444. The van der Waals surface area contributed by atoms with Crippen molar-refractivity contribution in [1.29, 1.82) is 0 Å². The Hall–Kier alpha value is -2.14. The molecule has 0 amide bonds. The van der Waals surface area contributed by atoms with E-state index in [1.54, 1.807) is 12.1 Å². The SMILES string of the molecule is CCCN(CCC)Cc1c(C)[nH]c2c(C(=O)O)cccc2c1=O. The molecular weight excluding hydrogens is 292 g/mol. The van der Waals surface area contributed by atoms with Crippen molar-refractivity contribution in [2.45, 2.75) is 40.2 Å². The maximum absolute atomic E-state index is 12.8. The van der Waals surface area contributed by atoms with Crippen molar-refractivity contribution < 1.29 is 9.90 Å². The number of rotatable bonds is 7. The summed E-state index contributed by atoms with van der Waals surface area (Å²) in [6.45, 7) is 8.57. The summed E-state index contributed by atoms with van der Waals surface area (Å²) in [4.78, 5) is 29.6. The van der Waals surface area contributed by atoms with Gasteiger partial charge in [-0.25, -0.2) is 4.79 Å². The van der Waals surface area contributed by atoms with E-state index < -0.39 is 5.97 Å². The Morgan fingerprint density at radius 1 is 1.22 bits per heavy atom. The number of aromatic nitrogens is 1. The molecule has 5 nitrogen and oxygen atoms in total. The Labute approximate surface area is 135 Å². The van der Waals surface area contributed by atoms with Gasteiger partial charge in [-0.2, -0.15) is 0 Å². The zero-order valence-corrected chi connectivity index (χ0v) is 14.0. The number of hydrogen-bond acceptors (Lipinski definition) is 3. The third-order valence-electron chi connectivity index (χ3n) is 4.04. The minimum absolute atomic E-state index is 0.0726. The Morgan fingerprint density at radius 2 is 1.87 bits per heavy atom. The van der Waals surface area contributed by atoms with Gasteiger partial charge in [-0.1, -0.05) is 19.9 Å². The number of nitrogens with one attached hydrogen (secondary N) is 1. The van der Waals surface area contributed by atoms with Gasteiger partial charge in [0.15, 0.2) is 5.43 Å². The lowest BCUT2D eigenvalue weighted by Crippen LogP contribution is -2.29. The molecule has 2 N–H and O–H groups in total. The van der Waals surface area contributed by atoms with Crippen LogP contribution in [0.15, 0.2) is 23.0 Å². The number of aromatic carboxylic acids is 1. The summed E-state index contributed by atoms with van der Waals surface area (Å²) in [7, 11) is 0. The quantitative estimate of drug-likeness (QED) is 0.823. The lowest BCUT2D eigenvalue weighted by Gasteiger charge is -2.22. The van der Waals surface area contributed by atoms with Crippen LogP contribution < -0.4 is 5.43 Å². The summed E-state index contributed by atoms with van der Waals surface area (Å²) < 4.78 is 0. The number of benzene rings is 1. The van der Waals surface area contributed by atoms with Crippen LogP contribution in [0.25, 0.3) is 10.9 Å². The molecule has 2 aromatic rings. The van der Waals surface area contributed by atoms with Crippen LogP contribution in [0, 0.1) is 6.92 Å². The average Bonchev–Trinajstić information content (AvgIpc) is 2.51. The zero-order chi connectivity index (χ0) is 17.0. The van der Waals surface area contributed by atoms with Gasteiger partial charge in [-0.05, 0) is 45.0 Å². The summed E-state index contributed by atoms with van der Waals surface area (Å²) in [6, 6.07) is 4.82. The highest BCUT2D eigenvalue weighted by Gasteiger charge is 2.16. The van der Waals surface area contributed by atoms with E-state index in [1.807, 2.05) is 6.92 Å². The van der Waals surface area contributed by atoms with Crippen LogP contribution in [0.2, 0.25) is 0 Å². The molecular formula is C18H24N2O3. The molecule has 2 rings (SSSR count). The largest absolute Gasteiger partial charge is 0.478 e. The lowest BCUT2D eigenvalue weighted by molar-refractivity contribution is 0.0699. The number of nitrogens with zero attached hydrogens (tertiary/aromatic N) is 1. The van der Waals surface area contributed by atoms with Crippen LogP contribution in [0.4, 0.5) is 0 Å². The molecule has 1 aromatic carbocycles. The Bertz CT molecular complexity index is 759. The van der Waals surface area contributed by atoms with Gasteiger partial charge in [0, 0.05) is 23.2 Å². The Morgan fingerprint density at radius 3 is 2.43 bits per heavy atom. The van der Waals surface area contributed by atoms with E-state index in [4.69, 9.17) is 0 Å². The maximum atomic E-state index is 12.8. The summed E-state index contributed by atoms with van der Waals surface area (Å²) in [5, 5.41) is 9.73. The van der Waals surface area contributed by atoms with Crippen LogP contribution >= 0.6 is 0 Å². The molecule has 0 bridgehead atoms. The minimum Gasteiger partial charge on any atom is -0.478 e. The third kappa shape index (κ3) is 3.62. The average molecular weight is 316 g/mol. The number of hydrogen-bond donors (Lipinski definition) is 2. The Balaban J connectivity index is 2.54. The first-order chi connectivity index (χ1) is 11.0. The van der Waals surface area contributed by atoms with Gasteiger partial charge < -0.3 is 10.1 Å². The highest BCUT2D eigenvalue weighted by molar-refractivity contribution is 6.01. The van der Waals surface area contributed by atoms with Crippen molar-refractivity contribution in [3.8, 4) is 0 Å². The number of para-hydroxylation sites is 1. The van der Waals surface area contributed by atoms with Crippen molar-refractivity contribution in [2.24, 2.45) is 0 Å². The molecule has 0 aliphatic rings. The Kier molecular flexibility index (Phi) is 5.55. The minimum atomic E-state index is -1.03. The van der Waals surface area contributed by atoms with Crippen molar-refractivity contribution >= 4 is 16.9 Å². The van der Waals surface area contributed by atoms with Gasteiger partial charge in [0.05, 0.1) is 11.1 Å². The second kappa shape index (κ2) is 7.42. The molecule has 0 fully saturated rings. The van der Waals surface area contributed by atoms with Gasteiger partial charge in [0.2, 0.25) is 0 Å². The monoisotopic (exact) mass is 316 g/mol. The second-order valence-corrected chi connectivity index (χ2v) is 5.87. The van der Waals surface area contributed by atoms with E-state index in [9.17, 15) is 14.7 Å². The van der Waals surface area contributed by atoms with E-state index in [1.165, 1.54) is 6.07 Å². The number of H-pyrrole nitrogens is 1. The first kappa shape index (κ1) is 17.2. The second-order valence-electron chi connectivity index (χ2n) is 5.87. The molecule has 0 aliphatic heterocycles. The van der Waals surface area contributed by atoms with E-state index in [0.717, 1.165) is 37.2 Å². The number of pyridine rings is 1. The van der Waals surface area contributed by atoms with E-state index >= 15 is 0 Å². The molecule has 0 atom stereocenters. The van der Waals surface area contributed by atoms with Crippen LogP contribution in [-0.4, -0.2) is 34.0 Å². The lowest BCUT2D eigenvalue weighted by atomic mass is 10.0. The van der Waals surface area contributed by atoms with Gasteiger partial charge in [0.25, 0.3) is 0 Å². The molecule has 5 heteroatoms. The van der Waals surface area contributed by atoms with Crippen molar-refractivity contribution in [3.05, 3.63) is 45.2 Å². The van der Waals surface area contributed by atoms with Crippen LogP contribution in [-0.2, 0) is 6.54 Å². The first-order valence-electron chi connectivity index (χ1n) is 8.09. The van der Waals surface area contributed by atoms with Gasteiger partial charge in [0.1, 0.15) is 0 Å². The predicted octanol–water partition coefficient (Wildman–Crippen LogP) is 3.16. The topological polar surface area (TPSA) is 73.4 Å². The normalized spacial score (nSPS) is 11.3. The summed E-state index contributed by atoms with van der Waals surface area (Å²) in [6.07, 6.45) is 2.07. The molecule has 0 unspecified atom stereocenters. The zero-order valence-electron chi connectivity index (χ0n) is 14.0. The fourth-order valence-corrected chi connectivity index (χ4v) is 2.97. The van der Waals surface area contributed by atoms with Gasteiger partial charge in [-0.3, -0.25) is 9.69 Å².